The fourth-order valence-electron chi connectivity index (χ4n) is 1.26. The quantitative estimate of drug-likeness (QED) is 0.489. The second-order valence-electron chi connectivity index (χ2n) is 3.22. The molecule has 0 aliphatic carbocycles. The van der Waals surface area contributed by atoms with Gasteiger partial charge in [0.25, 0.3) is 0 Å². The molecule has 1 aromatic rings. The van der Waals surface area contributed by atoms with Crippen molar-refractivity contribution >= 4 is 11.9 Å². The van der Waals surface area contributed by atoms with Crippen LogP contribution in [0.3, 0.4) is 0 Å². The van der Waals surface area contributed by atoms with E-state index in [2.05, 4.69) is 5.10 Å². The van der Waals surface area contributed by atoms with Gasteiger partial charge in [-0.1, -0.05) is 0 Å². The Balaban J connectivity index is 0.00000256. The Kier molecular flexibility index (Phi) is 8.23. The van der Waals surface area contributed by atoms with Crippen molar-refractivity contribution in [2.75, 3.05) is 19.6 Å². The van der Waals surface area contributed by atoms with Gasteiger partial charge in [-0.25, -0.2) is 0 Å². The van der Waals surface area contributed by atoms with E-state index >= 15 is 0 Å². The van der Waals surface area contributed by atoms with Crippen LogP contribution < -0.4 is 10.2 Å². The van der Waals surface area contributed by atoms with E-state index < -0.39 is 25.0 Å². The summed E-state index contributed by atoms with van der Waals surface area (Å²) in [5.74, 6) is -2.64. The van der Waals surface area contributed by atoms with Crippen LogP contribution in [-0.4, -0.2) is 46.3 Å². The van der Waals surface area contributed by atoms with Crippen LogP contribution in [0.4, 0.5) is 0 Å². The van der Waals surface area contributed by atoms with Gasteiger partial charge in [0.15, 0.2) is 0 Å². The maximum absolute atomic E-state index is 10.4. The number of carboxylic acid groups (broad SMARTS) is 2. The molecule has 1 aromatic heterocycles. The van der Waals surface area contributed by atoms with Crippen LogP contribution in [0.5, 0.6) is 0 Å². The van der Waals surface area contributed by atoms with Gasteiger partial charge in [0.05, 0.1) is 18.5 Å². The van der Waals surface area contributed by atoms with Crippen molar-refractivity contribution < 1.29 is 59.7 Å². The summed E-state index contributed by atoms with van der Waals surface area (Å²) >= 11 is 0. The molecule has 7 nitrogen and oxygen atoms in total. The smallest absolute Gasteiger partial charge is 0.549 e. The largest absolute Gasteiger partial charge is 3.00 e. The first-order valence-corrected chi connectivity index (χ1v) is 4.67. The average Bonchev–Trinajstić information content (AvgIpc) is 2.64. The first-order chi connectivity index (χ1) is 7.58. The number of aromatic nitrogens is 2. The molecular weight excluding hydrogens is 371 g/mol. The van der Waals surface area contributed by atoms with Crippen LogP contribution in [0.2, 0.25) is 0 Å². The number of aliphatic carboxylic acids is 2. The molecule has 0 aliphatic rings. The van der Waals surface area contributed by atoms with Crippen LogP contribution >= 0.6 is 0 Å². The first kappa shape index (κ1) is 16.4. The molecule has 0 aliphatic heterocycles. The molecule has 93 valence electrons. The molecule has 1 rings (SSSR count). The monoisotopic (exact) mass is 383 g/mol. The first-order valence-electron chi connectivity index (χ1n) is 4.67. The van der Waals surface area contributed by atoms with Gasteiger partial charge in [0.2, 0.25) is 0 Å². The van der Waals surface area contributed by atoms with Gasteiger partial charge in [-0.2, -0.15) is 5.10 Å². The summed E-state index contributed by atoms with van der Waals surface area (Å²) < 4.78 is 1.58. The molecule has 0 amide bonds. The normalized spacial score (nSPS) is 9.94. The summed E-state index contributed by atoms with van der Waals surface area (Å²) in [6, 6.07) is 1.72. The van der Waals surface area contributed by atoms with Crippen LogP contribution in [-0.2, 0) is 16.1 Å². The van der Waals surface area contributed by atoms with E-state index in [1.165, 1.54) is 4.90 Å². The summed E-state index contributed by atoms with van der Waals surface area (Å²) in [5.41, 5.74) is 0. The van der Waals surface area contributed by atoms with Gasteiger partial charge >= 0.3 is 39.9 Å². The molecule has 1 radical (unpaired) electrons. The molecule has 0 fully saturated rings. The number of hydrogen-bond acceptors (Lipinski definition) is 6. The molecular formula is C9H11GdN3O4+. The minimum absolute atomic E-state index is 0. The van der Waals surface area contributed by atoms with E-state index in [1.807, 2.05) is 0 Å². The number of nitrogens with zero attached hydrogens (tertiary/aromatic N) is 3. The molecule has 0 bridgehead atoms. The van der Waals surface area contributed by atoms with Crippen molar-refractivity contribution in [1.29, 1.82) is 0 Å². The van der Waals surface area contributed by atoms with Crippen molar-refractivity contribution in [3.05, 3.63) is 18.5 Å². The summed E-state index contributed by atoms with van der Waals surface area (Å²) in [4.78, 5) is 21.9. The molecule has 17 heavy (non-hydrogen) atoms. The number of carbonyl (C=O) groups excluding carboxylic acids is 2. The maximum atomic E-state index is 10.4. The molecule has 0 saturated heterocycles. The van der Waals surface area contributed by atoms with Crippen molar-refractivity contribution in [1.82, 2.24) is 14.7 Å². The fourth-order valence-corrected chi connectivity index (χ4v) is 1.26. The van der Waals surface area contributed by atoms with Gasteiger partial charge in [-0.3, -0.25) is 9.58 Å². The van der Waals surface area contributed by atoms with Gasteiger partial charge in [0.1, 0.15) is 0 Å². The topological polar surface area (TPSA) is 101 Å². The number of carbonyl (C=O) groups is 2. The van der Waals surface area contributed by atoms with Gasteiger partial charge < -0.3 is 19.8 Å². The SMILES string of the molecule is O=C([O-])CN(CCn1cccn1)CC(=O)[O-].[Gd+3]. The van der Waals surface area contributed by atoms with Crippen molar-refractivity contribution in [2.24, 2.45) is 0 Å². The predicted octanol–water partition coefficient (Wildman–Crippen LogP) is -3.32. The summed E-state index contributed by atoms with van der Waals surface area (Å²) in [6.07, 6.45) is 3.29. The minimum atomic E-state index is -1.32. The van der Waals surface area contributed by atoms with E-state index in [4.69, 9.17) is 0 Å². The zero-order valence-electron chi connectivity index (χ0n) is 8.89. The van der Waals surface area contributed by atoms with Crippen LogP contribution in [0, 0.1) is 39.9 Å². The number of hydrogen-bond donors (Lipinski definition) is 0. The van der Waals surface area contributed by atoms with Gasteiger partial charge in [0, 0.05) is 32.0 Å². The second-order valence-corrected chi connectivity index (χ2v) is 3.22. The Morgan fingerprint density at radius 2 is 1.82 bits per heavy atom. The molecule has 0 unspecified atom stereocenters. The molecule has 0 N–H and O–H groups in total. The molecule has 8 heteroatoms. The third-order valence-corrected chi connectivity index (χ3v) is 1.91. The van der Waals surface area contributed by atoms with Crippen LogP contribution in [0.25, 0.3) is 0 Å². The third kappa shape index (κ3) is 7.38. The average molecular weight is 382 g/mol. The Morgan fingerprint density at radius 3 is 2.24 bits per heavy atom. The van der Waals surface area contributed by atoms with Gasteiger partial charge in [-0.15, -0.1) is 0 Å². The van der Waals surface area contributed by atoms with E-state index in [9.17, 15) is 19.8 Å². The van der Waals surface area contributed by atoms with Crippen molar-refractivity contribution in [2.45, 2.75) is 6.54 Å². The number of carboxylic acids is 2. The Morgan fingerprint density at radius 1 is 1.24 bits per heavy atom. The van der Waals surface area contributed by atoms with Crippen molar-refractivity contribution in [3.63, 3.8) is 0 Å². The third-order valence-electron chi connectivity index (χ3n) is 1.91. The fraction of sp³-hybridized carbons (Fsp3) is 0.444. The Labute approximate surface area is 130 Å². The summed E-state index contributed by atoms with van der Waals surface area (Å²) in [7, 11) is 0. The predicted molar refractivity (Wildman–Crippen MR) is 48.7 cm³/mol. The molecule has 0 aromatic carbocycles. The van der Waals surface area contributed by atoms with E-state index in [1.54, 1.807) is 23.1 Å². The zero-order valence-corrected chi connectivity index (χ0v) is 11.2. The molecule has 1 heterocycles. The van der Waals surface area contributed by atoms with E-state index in [0.717, 1.165) is 0 Å². The van der Waals surface area contributed by atoms with Crippen LogP contribution in [0.1, 0.15) is 0 Å². The number of rotatable bonds is 7. The van der Waals surface area contributed by atoms with E-state index in [0.29, 0.717) is 6.54 Å². The molecule has 0 atom stereocenters. The van der Waals surface area contributed by atoms with Gasteiger partial charge in [-0.05, 0) is 6.07 Å². The molecule has 0 spiro atoms. The van der Waals surface area contributed by atoms with Crippen molar-refractivity contribution in [3.8, 4) is 0 Å². The second kappa shape index (κ2) is 8.51. The Hall–Kier alpha value is -0.565. The zero-order chi connectivity index (χ0) is 12.0. The maximum Gasteiger partial charge on any atom is 3.00 e. The minimum Gasteiger partial charge on any atom is -0.549 e. The summed E-state index contributed by atoms with van der Waals surface area (Å²) in [6.45, 7) is -0.207. The standard InChI is InChI=1S/C9H13N3O4.Gd/c13-8(14)6-11(7-9(15)16)4-5-12-3-1-2-10-12;/h1-3H,4-7H2,(H,13,14)(H,15,16);/q;+3/p-2. The molecule has 0 saturated carbocycles. The van der Waals surface area contributed by atoms with Crippen LogP contribution in [0.15, 0.2) is 18.5 Å². The Bertz CT molecular complexity index is 339. The van der Waals surface area contributed by atoms with E-state index in [-0.39, 0.29) is 46.5 Å². The summed E-state index contributed by atoms with van der Waals surface area (Å²) in [5, 5.41) is 24.6.